The Balaban J connectivity index is 1.57. The maximum absolute atomic E-state index is 13.4. The number of carbonyl (C=O) groups excluding carboxylic acids is 3. The monoisotopic (exact) mass is 1040 g/mol. The first-order valence-electron chi connectivity index (χ1n) is 22.2. The number of aliphatic carboxylic acids is 1. The zero-order chi connectivity index (χ0) is 53.0. The maximum Gasteiger partial charge on any atom is 0.364 e. The van der Waals surface area contributed by atoms with E-state index in [2.05, 4.69) is 16.0 Å². The van der Waals surface area contributed by atoms with E-state index >= 15 is 0 Å². The molecule has 5 fully saturated rings. The molecule has 3 amide bonds. The molecule has 0 aliphatic carbocycles. The number of aliphatic hydroxyl groups is 15. The van der Waals surface area contributed by atoms with Gasteiger partial charge in [-0.25, -0.2) is 4.79 Å². The summed E-state index contributed by atoms with van der Waals surface area (Å²) in [6.45, 7) is -2.41. The minimum absolute atomic E-state index is 0.845. The number of hydrogen-bond donors (Lipinski definition) is 19. The van der Waals surface area contributed by atoms with E-state index in [9.17, 15) is 101 Å². The third-order valence-electron chi connectivity index (χ3n) is 12.5. The fraction of sp³-hybridized carbons (Fsp3) is 0.897. The number of carboxylic acid groups (broad SMARTS) is 1. The minimum Gasteiger partial charge on any atom is -0.477 e. The Hall–Kier alpha value is -3.08. The van der Waals surface area contributed by atoms with Crippen molar-refractivity contribution in [2.24, 2.45) is 0 Å². The van der Waals surface area contributed by atoms with Crippen LogP contribution >= 0.6 is 0 Å². The molecule has 410 valence electrons. The highest BCUT2D eigenvalue weighted by Crippen LogP contribution is 2.40. The topological polar surface area (TPSA) is 511 Å². The fourth-order valence-electron chi connectivity index (χ4n) is 8.94. The van der Waals surface area contributed by atoms with Gasteiger partial charge in [0.15, 0.2) is 25.2 Å². The van der Waals surface area contributed by atoms with Gasteiger partial charge >= 0.3 is 5.97 Å². The van der Waals surface area contributed by atoms with Gasteiger partial charge in [-0.15, -0.1) is 0 Å². The SMILES string of the molecule is CC(=O)N[C@H]1[C@H](O[C@H]2[C@@H](O)[C@@H](CO)OC(O)[C@@H]2O)O[C@H](CO)[C@@H](O[C@@H]2O[C@H](CO)[C@H](O[C@@H]3O[C@H](CO)[C@H](O)[C@H](O)[C@H]3NC(C)=O)[C@H](O[C@]3(C(=O)O)C[C@H](O)[C@@H](NC(C)=O)[C@H]([C@H](O)[C@H](O)CO)O3)[C@H]2O)[C@@H]1O. The molecule has 0 aromatic rings. The van der Waals surface area contributed by atoms with E-state index in [4.69, 9.17) is 42.6 Å². The molecule has 0 aromatic heterocycles. The molecule has 5 saturated heterocycles. The predicted molar refractivity (Wildman–Crippen MR) is 219 cm³/mol. The van der Waals surface area contributed by atoms with Crippen molar-refractivity contribution in [3.63, 3.8) is 0 Å². The zero-order valence-corrected chi connectivity index (χ0v) is 38.1. The van der Waals surface area contributed by atoms with Gasteiger partial charge in [0, 0.05) is 27.2 Å². The van der Waals surface area contributed by atoms with Crippen molar-refractivity contribution in [3.05, 3.63) is 0 Å². The van der Waals surface area contributed by atoms with Crippen LogP contribution in [0.15, 0.2) is 0 Å². The van der Waals surface area contributed by atoms with Gasteiger partial charge < -0.3 is 140 Å². The van der Waals surface area contributed by atoms with E-state index in [0.717, 1.165) is 20.8 Å². The highest BCUT2D eigenvalue weighted by atomic mass is 16.8. The van der Waals surface area contributed by atoms with Gasteiger partial charge in [-0.3, -0.25) is 14.4 Å². The van der Waals surface area contributed by atoms with E-state index < -0.39 is 222 Å². The highest BCUT2D eigenvalue weighted by molar-refractivity contribution is 5.77. The van der Waals surface area contributed by atoms with Crippen LogP contribution in [0.3, 0.4) is 0 Å². The lowest BCUT2D eigenvalue weighted by Crippen LogP contribution is -2.72. The summed E-state index contributed by atoms with van der Waals surface area (Å²) in [6.07, 6.45) is -45.9. The normalized spacial score (nSPS) is 45.0. The molecule has 19 N–H and O–H groups in total. The second kappa shape index (κ2) is 25.0. The summed E-state index contributed by atoms with van der Waals surface area (Å²) in [7, 11) is 0. The largest absolute Gasteiger partial charge is 0.477 e. The molecule has 26 atom stereocenters. The Morgan fingerprint density at radius 2 is 1.01 bits per heavy atom. The average molecular weight is 1040 g/mol. The lowest BCUT2D eigenvalue weighted by atomic mass is 9.88. The molecule has 0 radical (unpaired) electrons. The molecule has 5 aliphatic heterocycles. The van der Waals surface area contributed by atoms with Gasteiger partial charge in [0.05, 0.1) is 45.2 Å². The van der Waals surface area contributed by atoms with Gasteiger partial charge in [0.25, 0.3) is 5.79 Å². The number of carbonyl (C=O) groups is 4. The Bertz CT molecular complexity index is 1780. The van der Waals surface area contributed by atoms with Crippen LogP contribution in [0, 0.1) is 0 Å². The molecule has 5 aliphatic rings. The van der Waals surface area contributed by atoms with Crippen molar-refractivity contribution in [2.45, 2.75) is 186 Å². The van der Waals surface area contributed by atoms with Crippen LogP contribution in [0.4, 0.5) is 0 Å². The standard InChI is InChI=1S/C39H65N3O29/c1-10(48)40-19-13(51)4-39(38(61)62,70-31(19)22(53)14(52)5-43)71-33-28(59)37(66-18(9-47)30(33)68-35-20(41-11(2)49)25(56)23(54)15(6-44)64-35)67-29-17(8-46)65-36(21(26(29)57)42-12(3)50)69-32-24(55)16(7-45)63-34(60)27(32)58/h13-37,43-47,51-60H,4-9H2,1-3H3,(H,40,48)(H,41,49)(H,42,50)(H,61,62)/t13-,14+,15+,16+,17+,18+,19+,20+,21+,22+,23-,24-,25+,26+,27+,28+,29+,30-,31+,32-,33+,34?,35-,36-,37-,39-/m0/s1. The van der Waals surface area contributed by atoms with Crippen LogP contribution in [-0.2, 0) is 61.8 Å². The molecule has 0 aromatic carbocycles. The summed E-state index contributed by atoms with van der Waals surface area (Å²) in [5.74, 6) is -8.02. The lowest BCUT2D eigenvalue weighted by molar-refractivity contribution is -0.400. The van der Waals surface area contributed by atoms with Gasteiger partial charge in [0.1, 0.15) is 116 Å². The van der Waals surface area contributed by atoms with Crippen LogP contribution in [0.2, 0.25) is 0 Å². The summed E-state index contributed by atoms with van der Waals surface area (Å²) in [6, 6.07) is -5.28. The molecule has 32 heteroatoms. The van der Waals surface area contributed by atoms with Crippen LogP contribution in [0.25, 0.3) is 0 Å². The number of carboxylic acids is 1. The maximum atomic E-state index is 13.4. The molecule has 0 bridgehead atoms. The Labute approximate surface area is 402 Å². The zero-order valence-electron chi connectivity index (χ0n) is 38.1. The number of hydrogen-bond acceptors (Lipinski definition) is 28. The summed E-state index contributed by atoms with van der Waals surface area (Å²) in [5, 5.41) is 179. The van der Waals surface area contributed by atoms with Crippen molar-refractivity contribution in [1.29, 1.82) is 0 Å². The number of rotatable bonds is 19. The van der Waals surface area contributed by atoms with Crippen molar-refractivity contribution in [1.82, 2.24) is 16.0 Å². The fourth-order valence-corrected chi connectivity index (χ4v) is 8.94. The molecule has 32 nitrogen and oxygen atoms in total. The van der Waals surface area contributed by atoms with Crippen LogP contribution in [0.5, 0.6) is 0 Å². The smallest absolute Gasteiger partial charge is 0.364 e. The van der Waals surface area contributed by atoms with Crippen molar-refractivity contribution in [2.75, 3.05) is 33.0 Å². The average Bonchev–Trinajstić information content (AvgIpc) is 3.31. The first-order chi connectivity index (χ1) is 33.4. The quantitative estimate of drug-likeness (QED) is 0.0571. The van der Waals surface area contributed by atoms with Crippen molar-refractivity contribution < 1.29 is 144 Å². The molecular formula is C39H65N3O29. The molecule has 0 saturated carbocycles. The Morgan fingerprint density at radius 1 is 0.549 bits per heavy atom. The number of amides is 3. The van der Waals surface area contributed by atoms with E-state index in [-0.39, 0.29) is 0 Å². The molecule has 71 heavy (non-hydrogen) atoms. The molecule has 5 rings (SSSR count). The van der Waals surface area contributed by atoms with E-state index in [0.29, 0.717) is 0 Å². The molecule has 1 unspecified atom stereocenters. The minimum atomic E-state index is -3.32. The Morgan fingerprint density at radius 3 is 1.54 bits per heavy atom. The van der Waals surface area contributed by atoms with E-state index in [1.54, 1.807) is 0 Å². The van der Waals surface area contributed by atoms with Crippen LogP contribution in [-0.4, -0.2) is 297 Å². The summed E-state index contributed by atoms with van der Waals surface area (Å²) >= 11 is 0. The summed E-state index contributed by atoms with van der Waals surface area (Å²) < 4.78 is 51.9. The number of nitrogens with one attached hydrogen (secondary N) is 3. The molecule has 5 heterocycles. The van der Waals surface area contributed by atoms with Gasteiger partial charge in [-0.05, 0) is 0 Å². The lowest BCUT2D eigenvalue weighted by Gasteiger charge is -2.52. The number of aliphatic hydroxyl groups excluding tert-OH is 15. The Kier molecular flexibility index (Phi) is 20.7. The first-order valence-corrected chi connectivity index (χ1v) is 22.2. The summed E-state index contributed by atoms with van der Waals surface area (Å²) in [4.78, 5) is 50.4. The van der Waals surface area contributed by atoms with Crippen LogP contribution < -0.4 is 16.0 Å². The van der Waals surface area contributed by atoms with Crippen molar-refractivity contribution >= 4 is 23.7 Å². The molecule has 0 spiro atoms. The second-order valence-electron chi connectivity index (χ2n) is 17.6. The van der Waals surface area contributed by atoms with Gasteiger partial charge in [-0.2, -0.15) is 0 Å². The highest BCUT2D eigenvalue weighted by Gasteiger charge is 2.62. The third-order valence-corrected chi connectivity index (χ3v) is 12.5. The van der Waals surface area contributed by atoms with Crippen LogP contribution in [0.1, 0.15) is 27.2 Å². The van der Waals surface area contributed by atoms with Gasteiger partial charge in [0.2, 0.25) is 17.7 Å². The third kappa shape index (κ3) is 12.9. The van der Waals surface area contributed by atoms with E-state index in [1.807, 2.05) is 0 Å². The second-order valence-corrected chi connectivity index (χ2v) is 17.6. The van der Waals surface area contributed by atoms with Crippen molar-refractivity contribution in [3.8, 4) is 0 Å². The first kappa shape index (κ1) is 58.8. The van der Waals surface area contributed by atoms with E-state index in [1.165, 1.54) is 0 Å². The van der Waals surface area contributed by atoms with Gasteiger partial charge in [-0.1, -0.05) is 0 Å². The number of ether oxygens (including phenoxy) is 9. The molecular weight excluding hydrogens is 974 g/mol. The predicted octanol–water partition coefficient (Wildman–Crippen LogP) is -12.3. The summed E-state index contributed by atoms with van der Waals surface area (Å²) in [5.41, 5.74) is 0.